The number of nitrogens with two attached hydrogens (primary N) is 2. The van der Waals surface area contributed by atoms with Crippen molar-refractivity contribution in [2.75, 3.05) is 11.9 Å². The Labute approximate surface area is 132 Å². The molecule has 0 aliphatic carbocycles. The van der Waals surface area contributed by atoms with Crippen LogP contribution in [-0.4, -0.2) is 25.9 Å². The van der Waals surface area contributed by atoms with Crippen molar-refractivity contribution < 1.29 is 13.2 Å². The molecular weight excluding hydrogens is 324 g/mol. The molecule has 0 saturated carbocycles. The molecular formula is C13H16N4O3S2. The minimum Gasteiger partial charge on any atom is -0.330 e. The summed E-state index contributed by atoms with van der Waals surface area (Å²) < 4.78 is 22.3. The number of hydrogen-bond acceptors (Lipinski definition) is 6. The van der Waals surface area contributed by atoms with Gasteiger partial charge in [0.15, 0.2) is 0 Å². The first-order valence-electron chi connectivity index (χ1n) is 6.44. The number of sulfonamides is 1. The molecule has 0 unspecified atom stereocenters. The van der Waals surface area contributed by atoms with E-state index >= 15 is 0 Å². The molecule has 1 amide bonds. The van der Waals surface area contributed by atoms with Gasteiger partial charge in [0.05, 0.1) is 22.0 Å². The van der Waals surface area contributed by atoms with Gasteiger partial charge in [-0.3, -0.25) is 4.79 Å². The van der Waals surface area contributed by atoms with Crippen LogP contribution in [0.4, 0.5) is 5.69 Å². The van der Waals surface area contributed by atoms with E-state index in [9.17, 15) is 13.2 Å². The van der Waals surface area contributed by atoms with Crippen LogP contribution in [0.3, 0.4) is 0 Å². The number of aromatic nitrogens is 1. The summed E-state index contributed by atoms with van der Waals surface area (Å²) >= 11 is 1.48. The number of amides is 1. The standard InChI is InChI=1S/C13H16N4O3S2/c14-6-5-13-17-10(8-21-13)7-12(18)16-9-1-3-11(4-2-9)22(15,19)20/h1-4,8H,5-7,14H2,(H,16,18)(H2,15,19,20). The van der Waals surface area contributed by atoms with Crippen molar-refractivity contribution >= 4 is 33.0 Å². The third kappa shape index (κ3) is 4.60. The van der Waals surface area contributed by atoms with E-state index in [1.54, 1.807) is 0 Å². The molecule has 1 aromatic heterocycles. The molecule has 0 aliphatic rings. The zero-order chi connectivity index (χ0) is 16.2. The number of nitrogens with one attached hydrogen (secondary N) is 1. The SMILES string of the molecule is NCCc1nc(CC(=O)Nc2ccc(S(N)(=O)=O)cc2)cs1. The summed E-state index contributed by atoms with van der Waals surface area (Å²) in [6.07, 6.45) is 0.847. The molecule has 0 fully saturated rings. The lowest BCUT2D eigenvalue weighted by Gasteiger charge is -2.05. The third-order valence-electron chi connectivity index (χ3n) is 2.77. The van der Waals surface area contributed by atoms with Gasteiger partial charge in [0, 0.05) is 17.5 Å². The van der Waals surface area contributed by atoms with E-state index < -0.39 is 10.0 Å². The quantitative estimate of drug-likeness (QED) is 0.704. The fourth-order valence-corrected chi connectivity index (χ4v) is 3.10. The highest BCUT2D eigenvalue weighted by Gasteiger charge is 2.10. The van der Waals surface area contributed by atoms with Crippen LogP contribution < -0.4 is 16.2 Å². The summed E-state index contributed by atoms with van der Waals surface area (Å²) in [4.78, 5) is 16.2. The van der Waals surface area contributed by atoms with Crippen LogP contribution in [0, 0.1) is 0 Å². The Morgan fingerprint density at radius 2 is 1.95 bits per heavy atom. The summed E-state index contributed by atoms with van der Waals surface area (Å²) in [6.45, 7) is 0.523. The van der Waals surface area contributed by atoms with Crippen molar-refractivity contribution in [3.63, 3.8) is 0 Å². The molecule has 22 heavy (non-hydrogen) atoms. The van der Waals surface area contributed by atoms with Crippen molar-refractivity contribution in [2.24, 2.45) is 10.9 Å². The maximum absolute atomic E-state index is 11.9. The van der Waals surface area contributed by atoms with E-state index in [1.807, 2.05) is 5.38 Å². The van der Waals surface area contributed by atoms with Gasteiger partial charge in [0.1, 0.15) is 0 Å². The van der Waals surface area contributed by atoms with Gasteiger partial charge < -0.3 is 11.1 Å². The largest absolute Gasteiger partial charge is 0.330 e. The summed E-state index contributed by atoms with van der Waals surface area (Å²) in [5.74, 6) is -0.229. The van der Waals surface area contributed by atoms with Gasteiger partial charge >= 0.3 is 0 Å². The highest BCUT2D eigenvalue weighted by atomic mass is 32.2. The van der Waals surface area contributed by atoms with Gasteiger partial charge in [-0.2, -0.15) is 0 Å². The fourth-order valence-electron chi connectivity index (χ4n) is 1.77. The second kappa shape index (κ2) is 6.97. The van der Waals surface area contributed by atoms with Crippen LogP contribution in [0.2, 0.25) is 0 Å². The first-order chi connectivity index (χ1) is 10.4. The summed E-state index contributed by atoms with van der Waals surface area (Å²) in [6, 6.07) is 5.65. The molecule has 0 spiro atoms. The molecule has 7 nitrogen and oxygen atoms in total. The number of carbonyl (C=O) groups excluding carboxylic acids is 1. The lowest BCUT2D eigenvalue weighted by atomic mass is 10.3. The Morgan fingerprint density at radius 1 is 1.27 bits per heavy atom. The number of anilines is 1. The minimum absolute atomic E-state index is 0.00331. The van der Waals surface area contributed by atoms with E-state index in [0.717, 1.165) is 5.01 Å². The number of primary sulfonamides is 1. The predicted octanol–water partition coefficient (Wildman–Crippen LogP) is 0.473. The van der Waals surface area contributed by atoms with E-state index in [-0.39, 0.29) is 17.2 Å². The third-order valence-corrected chi connectivity index (χ3v) is 4.65. The van der Waals surface area contributed by atoms with Crippen LogP contribution in [0.15, 0.2) is 34.5 Å². The van der Waals surface area contributed by atoms with Crippen molar-refractivity contribution in [1.82, 2.24) is 4.98 Å². The van der Waals surface area contributed by atoms with Gasteiger partial charge in [0.25, 0.3) is 0 Å². The number of thiazole rings is 1. The summed E-state index contributed by atoms with van der Waals surface area (Å²) in [5.41, 5.74) is 6.63. The highest BCUT2D eigenvalue weighted by molar-refractivity contribution is 7.89. The second-order valence-electron chi connectivity index (χ2n) is 4.57. The van der Waals surface area contributed by atoms with Crippen molar-refractivity contribution in [3.05, 3.63) is 40.3 Å². The lowest BCUT2D eigenvalue weighted by Crippen LogP contribution is -2.15. The van der Waals surface area contributed by atoms with Gasteiger partial charge in [-0.15, -0.1) is 11.3 Å². The zero-order valence-corrected chi connectivity index (χ0v) is 13.3. The zero-order valence-electron chi connectivity index (χ0n) is 11.7. The monoisotopic (exact) mass is 340 g/mol. The van der Waals surface area contributed by atoms with E-state index in [0.29, 0.717) is 24.3 Å². The molecule has 5 N–H and O–H groups in total. The normalized spacial score (nSPS) is 11.4. The highest BCUT2D eigenvalue weighted by Crippen LogP contribution is 2.14. The molecule has 0 saturated heterocycles. The Morgan fingerprint density at radius 3 is 2.55 bits per heavy atom. The fraction of sp³-hybridized carbons (Fsp3) is 0.231. The molecule has 1 heterocycles. The Kier molecular flexibility index (Phi) is 5.24. The average molecular weight is 340 g/mol. The molecule has 118 valence electrons. The Balaban J connectivity index is 1.96. The van der Waals surface area contributed by atoms with Crippen molar-refractivity contribution in [3.8, 4) is 0 Å². The molecule has 1 aromatic carbocycles. The number of carbonyl (C=O) groups is 1. The number of benzene rings is 1. The van der Waals surface area contributed by atoms with Crippen LogP contribution in [0.25, 0.3) is 0 Å². The van der Waals surface area contributed by atoms with Gasteiger partial charge in [-0.1, -0.05) is 0 Å². The first-order valence-corrected chi connectivity index (χ1v) is 8.87. The molecule has 0 bridgehead atoms. The molecule has 2 aromatic rings. The van der Waals surface area contributed by atoms with Gasteiger partial charge in [0.2, 0.25) is 15.9 Å². The van der Waals surface area contributed by atoms with Crippen LogP contribution in [0.1, 0.15) is 10.7 Å². The number of nitrogens with zero attached hydrogens (tertiary/aromatic N) is 1. The van der Waals surface area contributed by atoms with Gasteiger partial charge in [-0.25, -0.2) is 18.5 Å². The maximum atomic E-state index is 11.9. The van der Waals surface area contributed by atoms with E-state index in [1.165, 1.54) is 35.6 Å². The predicted molar refractivity (Wildman–Crippen MR) is 85.0 cm³/mol. The van der Waals surface area contributed by atoms with Crippen molar-refractivity contribution in [1.29, 1.82) is 0 Å². The topological polar surface area (TPSA) is 128 Å². The molecule has 9 heteroatoms. The smallest absolute Gasteiger partial charge is 0.238 e. The average Bonchev–Trinajstić information content (AvgIpc) is 2.86. The number of rotatable bonds is 6. The molecule has 0 radical (unpaired) electrons. The van der Waals surface area contributed by atoms with Crippen LogP contribution >= 0.6 is 11.3 Å². The van der Waals surface area contributed by atoms with Crippen LogP contribution in [0.5, 0.6) is 0 Å². The van der Waals surface area contributed by atoms with E-state index in [4.69, 9.17) is 10.9 Å². The first kappa shape index (κ1) is 16.6. The van der Waals surface area contributed by atoms with E-state index in [2.05, 4.69) is 10.3 Å². The molecule has 2 rings (SSSR count). The van der Waals surface area contributed by atoms with Crippen molar-refractivity contribution in [2.45, 2.75) is 17.7 Å². The molecule has 0 atom stereocenters. The van der Waals surface area contributed by atoms with Crippen LogP contribution in [-0.2, 0) is 27.7 Å². The summed E-state index contributed by atoms with van der Waals surface area (Å²) in [7, 11) is -3.73. The second-order valence-corrected chi connectivity index (χ2v) is 7.07. The number of hydrogen-bond donors (Lipinski definition) is 3. The maximum Gasteiger partial charge on any atom is 0.238 e. The Bertz CT molecular complexity index is 754. The van der Waals surface area contributed by atoms with Gasteiger partial charge in [-0.05, 0) is 30.8 Å². The Hall–Kier alpha value is -1.81. The molecule has 0 aliphatic heterocycles. The summed E-state index contributed by atoms with van der Waals surface area (Å²) in [5, 5.41) is 10.4. The minimum atomic E-state index is -3.73. The lowest BCUT2D eigenvalue weighted by molar-refractivity contribution is -0.115.